The molecular formula is C11H16N2O2S. The number of nitrogens with one attached hydrogen (secondary N) is 1. The number of hydrogen-bond acceptors (Lipinski definition) is 3. The van der Waals surface area contributed by atoms with Crippen LogP contribution in [-0.2, 0) is 10.0 Å². The number of nitrogen functional groups attached to an aromatic ring is 1. The van der Waals surface area contributed by atoms with Crippen molar-refractivity contribution in [1.82, 2.24) is 4.72 Å². The van der Waals surface area contributed by atoms with Crippen molar-refractivity contribution in [3.63, 3.8) is 0 Å². The Morgan fingerprint density at radius 2 is 1.81 bits per heavy atom. The maximum atomic E-state index is 11.9. The summed E-state index contributed by atoms with van der Waals surface area (Å²) in [5.74, 6) is 0.624. The van der Waals surface area contributed by atoms with Gasteiger partial charge in [-0.2, -0.15) is 0 Å². The lowest BCUT2D eigenvalue weighted by molar-refractivity contribution is 0.270. The van der Waals surface area contributed by atoms with Gasteiger partial charge in [-0.25, -0.2) is 13.1 Å². The Morgan fingerprint density at radius 1 is 1.25 bits per heavy atom. The van der Waals surface area contributed by atoms with Crippen molar-refractivity contribution < 1.29 is 8.42 Å². The molecule has 5 heteroatoms. The highest BCUT2D eigenvalue weighted by Gasteiger charge is 2.29. The molecule has 1 fully saturated rings. The normalized spacial score (nSPS) is 25.1. The fraction of sp³-hybridized carbons (Fsp3) is 0.455. The first-order chi connectivity index (χ1) is 7.47. The topological polar surface area (TPSA) is 72.2 Å². The molecule has 0 aliphatic heterocycles. The fourth-order valence-electron chi connectivity index (χ4n) is 1.93. The average Bonchev–Trinajstić information content (AvgIpc) is 2.15. The highest BCUT2D eigenvalue weighted by atomic mass is 32.2. The van der Waals surface area contributed by atoms with E-state index in [9.17, 15) is 8.42 Å². The first-order valence-corrected chi connectivity index (χ1v) is 6.83. The second-order valence-corrected chi connectivity index (χ2v) is 6.18. The molecule has 3 N–H and O–H groups in total. The molecule has 0 bridgehead atoms. The molecular weight excluding hydrogens is 224 g/mol. The Hall–Kier alpha value is -1.07. The summed E-state index contributed by atoms with van der Waals surface area (Å²) >= 11 is 0. The zero-order valence-corrected chi connectivity index (χ0v) is 10.00. The van der Waals surface area contributed by atoms with Crippen molar-refractivity contribution in [1.29, 1.82) is 0 Å². The minimum atomic E-state index is -3.37. The van der Waals surface area contributed by atoms with Crippen LogP contribution in [-0.4, -0.2) is 14.5 Å². The number of benzene rings is 1. The molecule has 0 heterocycles. The second-order valence-electron chi connectivity index (χ2n) is 4.46. The van der Waals surface area contributed by atoms with Gasteiger partial charge >= 0.3 is 0 Å². The molecule has 0 amide bonds. The molecule has 0 radical (unpaired) electrons. The standard InChI is InChI=1S/C11H16N2O2S/c1-8-6-10(7-8)13-16(14,15)11-4-2-9(12)3-5-11/h2-5,8,10,13H,6-7,12H2,1H3. The summed E-state index contributed by atoms with van der Waals surface area (Å²) in [5.41, 5.74) is 6.08. The molecule has 0 saturated heterocycles. The molecule has 88 valence electrons. The van der Waals surface area contributed by atoms with E-state index in [1.54, 1.807) is 12.1 Å². The molecule has 1 aliphatic rings. The van der Waals surface area contributed by atoms with Crippen LogP contribution in [0.15, 0.2) is 29.2 Å². The smallest absolute Gasteiger partial charge is 0.240 e. The molecule has 4 nitrogen and oxygen atoms in total. The van der Waals surface area contributed by atoms with E-state index >= 15 is 0 Å². The quantitative estimate of drug-likeness (QED) is 0.783. The van der Waals surface area contributed by atoms with E-state index < -0.39 is 10.0 Å². The highest BCUT2D eigenvalue weighted by Crippen LogP contribution is 2.27. The summed E-state index contributed by atoms with van der Waals surface area (Å²) < 4.78 is 26.5. The molecule has 1 aromatic carbocycles. The van der Waals surface area contributed by atoms with Crippen LogP contribution in [0.5, 0.6) is 0 Å². The molecule has 0 aromatic heterocycles. The Balaban J connectivity index is 2.10. The largest absolute Gasteiger partial charge is 0.399 e. The molecule has 1 aliphatic carbocycles. The number of nitrogens with two attached hydrogens (primary N) is 1. The maximum absolute atomic E-state index is 11.9. The van der Waals surface area contributed by atoms with E-state index in [1.807, 2.05) is 0 Å². The number of rotatable bonds is 3. The van der Waals surface area contributed by atoms with Crippen molar-refractivity contribution in [2.45, 2.75) is 30.7 Å². The maximum Gasteiger partial charge on any atom is 0.240 e. The summed E-state index contributed by atoms with van der Waals surface area (Å²) in [4.78, 5) is 0.279. The number of anilines is 1. The van der Waals surface area contributed by atoms with Crippen LogP contribution >= 0.6 is 0 Å². The van der Waals surface area contributed by atoms with Gasteiger partial charge in [0.15, 0.2) is 0 Å². The molecule has 16 heavy (non-hydrogen) atoms. The van der Waals surface area contributed by atoms with Gasteiger partial charge in [-0.1, -0.05) is 6.92 Å². The van der Waals surface area contributed by atoms with E-state index in [1.165, 1.54) is 12.1 Å². The van der Waals surface area contributed by atoms with Gasteiger partial charge in [0.25, 0.3) is 0 Å². The summed E-state index contributed by atoms with van der Waals surface area (Å²) in [6.07, 6.45) is 1.85. The molecule has 0 unspecified atom stereocenters. The summed E-state index contributed by atoms with van der Waals surface area (Å²) in [5, 5.41) is 0. The van der Waals surface area contributed by atoms with Gasteiger partial charge in [-0.15, -0.1) is 0 Å². The van der Waals surface area contributed by atoms with Crippen molar-refractivity contribution >= 4 is 15.7 Å². The summed E-state index contributed by atoms with van der Waals surface area (Å²) in [6, 6.07) is 6.34. The lowest BCUT2D eigenvalue weighted by Gasteiger charge is -2.32. The molecule has 0 atom stereocenters. The summed E-state index contributed by atoms with van der Waals surface area (Å²) in [7, 11) is -3.37. The minimum absolute atomic E-state index is 0.0950. The van der Waals surface area contributed by atoms with E-state index in [4.69, 9.17) is 5.73 Å². The zero-order valence-electron chi connectivity index (χ0n) is 9.18. The first kappa shape index (κ1) is 11.4. The minimum Gasteiger partial charge on any atom is -0.399 e. The fourth-order valence-corrected chi connectivity index (χ4v) is 3.19. The van der Waals surface area contributed by atoms with Crippen LogP contribution in [0, 0.1) is 5.92 Å². The van der Waals surface area contributed by atoms with Crippen LogP contribution in [0.25, 0.3) is 0 Å². The van der Waals surface area contributed by atoms with Gasteiger partial charge in [-0.05, 0) is 43.0 Å². The van der Waals surface area contributed by atoms with Crippen LogP contribution in [0.4, 0.5) is 5.69 Å². The number of sulfonamides is 1. The van der Waals surface area contributed by atoms with Gasteiger partial charge in [0.2, 0.25) is 10.0 Å². The highest BCUT2D eigenvalue weighted by molar-refractivity contribution is 7.89. The molecule has 0 spiro atoms. The molecule has 1 aromatic rings. The number of hydrogen-bond donors (Lipinski definition) is 2. The van der Waals surface area contributed by atoms with Gasteiger partial charge in [-0.3, -0.25) is 0 Å². The third kappa shape index (κ3) is 2.36. The predicted octanol–water partition coefficient (Wildman–Crippen LogP) is 1.35. The van der Waals surface area contributed by atoms with Crippen LogP contribution < -0.4 is 10.5 Å². The van der Waals surface area contributed by atoms with Crippen molar-refractivity contribution in [2.24, 2.45) is 5.92 Å². The zero-order chi connectivity index (χ0) is 11.8. The summed E-state index contributed by atoms with van der Waals surface area (Å²) in [6.45, 7) is 2.12. The average molecular weight is 240 g/mol. The van der Waals surface area contributed by atoms with Gasteiger partial charge in [0.05, 0.1) is 4.90 Å². The third-order valence-corrected chi connectivity index (χ3v) is 4.42. The van der Waals surface area contributed by atoms with Crippen LogP contribution in [0.1, 0.15) is 19.8 Å². The molecule has 1 saturated carbocycles. The Labute approximate surface area is 95.9 Å². The molecule has 2 rings (SSSR count). The van der Waals surface area contributed by atoms with Gasteiger partial charge < -0.3 is 5.73 Å². The van der Waals surface area contributed by atoms with Crippen molar-refractivity contribution in [3.8, 4) is 0 Å². The van der Waals surface area contributed by atoms with Crippen molar-refractivity contribution in [3.05, 3.63) is 24.3 Å². The Morgan fingerprint density at radius 3 is 2.31 bits per heavy atom. The first-order valence-electron chi connectivity index (χ1n) is 5.35. The van der Waals surface area contributed by atoms with E-state index in [0.29, 0.717) is 11.6 Å². The lowest BCUT2D eigenvalue weighted by atomic mass is 9.83. The van der Waals surface area contributed by atoms with E-state index in [-0.39, 0.29) is 10.9 Å². The van der Waals surface area contributed by atoms with Crippen LogP contribution in [0.2, 0.25) is 0 Å². The monoisotopic (exact) mass is 240 g/mol. The second kappa shape index (κ2) is 4.07. The van der Waals surface area contributed by atoms with E-state index in [0.717, 1.165) is 12.8 Å². The van der Waals surface area contributed by atoms with Crippen molar-refractivity contribution in [2.75, 3.05) is 5.73 Å². The Kier molecular flexibility index (Phi) is 2.90. The third-order valence-electron chi connectivity index (χ3n) is 2.89. The predicted molar refractivity (Wildman–Crippen MR) is 63.4 cm³/mol. The SMILES string of the molecule is CC1CC(NS(=O)(=O)c2ccc(N)cc2)C1. The van der Waals surface area contributed by atoms with Gasteiger partial charge in [0.1, 0.15) is 0 Å². The lowest BCUT2D eigenvalue weighted by Crippen LogP contribution is -2.43. The van der Waals surface area contributed by atoms with Gasteiger partial charge in [0, 0.05) is 11.7 Å². The van der Waals surface area contributed by atoms with Crippen LogP contribution in [0.3, 0.4) is 0 Å². The Bertz CT molecular complexity index is 461. The van der Waals surface area contributed by atoms with E-state index in [2.05, 4.69) is 11.6 Å².